The summed E-state index contributed by atoms with van der Waals surface area (Å²) in [5.41, 5.74) is 0. The summed E-state index contributed by atoms with van der Waals surface area (Å²) in [6.07, 6.45) is 0. The second kappa shape index (κ2) is 2.70. The predicted molar refractivity (Wildman–Crippen MR) is 42.3 cm³/mol. The molecule has 0 bridgehead atoms. The third-order valence-corrected chi connectivity index (χ3v) is 2.19. The molecule has 0 aliphatic heterocycles. The summed E-state index contributed by atoms with van der Waals surface area (Å²) in [6, 6.07) is 0.755. The predicted octanol–water partition coefficient (Wildman–Crippen LogP) is 1.74. The van der Waals surface area contributed by atoms with Gasteiger partial charge in [-0.1, -0.05) is 13.8 Å². The van der Waals surface area contributed by atoms with E-state index in [1.165, 1.54) is 0 Å². The second-order valence-electron chi connectivity index (χ2n) is 4.10. The highest BCUT2D eigenvalue weighted by atomic mass is 15.3. The molecule has 0 unspecified atom stereocenters. The minimum Gasteiger partial charge on any atom is -0.329 e. The van der Waals surface area contributed by atoms with Crippen molar-refractivity contribution < 1.29 is 4.48 Å². The maximum atomic E-state index is 2.30. The lowest BCUT2D eigenvalue weighted by Gasteiger charge is -2.34. The maximum Gasteiger partial charge on any atom is 0.0878 e. The Bertz CT molecular complexity index is 79.1. The number of quaternary nitrogens is 1. The molecule has 0 radical (unpaired) electrons. The van der Waals surface area contributed by atoms with Crippen LogP contribution in [0.5, 0.6) is 0 Å². The van der Waals surface area contributed by atoms with Gasteiger partial charge < -0.3 is 4.48 Å². The van der Waals surface area contributed by atoms with E-state index in [9.17, 15) is 0 Å². The van der Waals surface area contributed by atoms with E-state index in [4.69, 9.17) is 0 Å². The molecule has 0 spiro atoms. The summed E-state index contributed by atoms with van der Waals surface area (Å²) in [7, 11) is 6.72. The van der Waals surface area contributed by atoms with Gasteiger partial charge in [-0.05, 0) is 6.92 Å². The van der Waals surface area contributed by atoms with Crippen LogP contribution in [0.25, 0.3) is 0 Å². The molecule has 0 saturated heterocycles. The van der Waals surface area contributed by atoms with E-state index in [0.29, 0.717) is 0 Å². The van der Waals surface area contributed by atoms with Gasteiger partial charge in [0, 0.05) is 5.92 Å². The van der Waals surface area contributed by atoms with Crippen LogP contribution in [0.2, 0.25) is 0 Å². The molecule has 0 aromatic carbocycles. The number of rotatable bonds is 2. The summed E-state index contributed by atoms with van der Waals surface area (Å²) in [5, 5.41) is 0. The van der Waals surface area contributed by atoms with Crippen molar-refractivity contribution in [1.29, 1.82) is 0 Å². The van der Waals surface area contributed by atoms with E-state index >= 15 is 0 Å². The van der Waals surface area contributed by atoms with Crippen molar-refractivity contribution in [1.82, 2.24) is 0 Å². The normalized spacial score (nSPS) is 16.3. The van der Waals surface area contributed by atoms with Crippen LogP contribution in [-0.4, -0.2) is 31.7 Å². The monoisotopic (exact) mass is 130 g/mol. The minimum atomic E-state index is 0.755. The van der Waals surface area contributed by atoms with Crippen LogP contribution in [0.4, 0.5) is 0 Å². The van der Waals surface area contributed by atoms with E-state index in [2.05, 4.69) is 41.9 Å². The van der Waals surface area contributed by atoms with Crippen LogP contribution < -0.4 is 0 Å². The Morgan fingerprint density at radius 3 is 1.22 bits per heavy atom. The molecule has 0 saturated carbocycles. The summed E-state index contributed by atoms with van der Waals surface area (Å²) >= 11 is 0. The topological polar surface area (TPSA) is 0 Å². The van der Waals surface area contributed by atoms with Crippen LogP contribution in [0, 0.1) is 5.92 Å². The SMILES string of the molecule is CC(C)[C@@H](C)[N+](C)(C)C. The van der Waals surface area contributed by atoms with Gasteiger partial charge in [0.05, 0.1) is 27.2 Å². The molecule has 56 valence electrons. The first-order chi connectivity index (χ1) is 3.85. The summed E-state index contributed by atoms with van der Waals surface area (Å²) < 4.78 is 1.07. The molecule has 0 aromatic heterocycles. The smallest absolute Gasteiger partial charge is 0.0878 e. The molecule has 0 fully saturated rings. The fraction of sp³-hybridized carbons (Fsp3) is 1.00. The largest absolute Gasteiger partial charge is 0.329 e. The summed E-state index contributed by atoms with van der Waals surface area (Å²) in [4.78, 5) is 0. The fourth-order valence-corrected chi connectivity index (χ4v) is 0.894. The molecular formula is C8H20N+. The average molecular weight is 130 g/mol. The molecule has 0 aromatic rings. The summed E-state index contributed by atoms with van der Waals surface area (Å²) in [6.45, 7) is 6.84. The van der Waals surface area contributed by atoms with Gasteiger partial charge in [0.1, 0.15) is 0 Å². The third-order valence-electron chi connectivity index (χ3n) is 2.19. The first-order valence-corrected chi connectivity index (χ1v) is 3.67. The van der Waals surface area contributed by atoms with E-state index in [1.807, 2.05) is 0 Å². The highest BCUT2D eigenvalue weighted by Crippen LogP contribution is 2.11. The van der Waals surface area contributed by atoms with Gasteiger partial charge in [-0.25, -0.2) is 0 Å². The molecular weight excluding hydrogens is 110 g/mol. The quantitative estimate of drug-likeness (QED) is 0.499. The Morgan fingerprint density at radius 1 is 0.889 bits per heavy atom. The van der Waals surface area contributed by atoms with Crippen LogP contribution in [0.3, 0.4) is 0 Å². The highest BCUT2D eigenvalue weighted by Gasteiger charge is 2.20. The van der Waals surface area contributed by atoms with Crippen molar-refractivity contribution in [3.05, 3.63) is 0 Å². The zero-order valence-electron chi connectivity index (χ0n) is 7.60. The number of hydrogen-bond acceptors (Lipinski definition) is 0. The highest BCUT2D eigenvalue weighted by molar-refractivity contribution is 4.53. The van der Waals surface area contributed by atoms with Crippen molar-refractivity contribution in [3.8, 4) is 0 Å². The lowest BCUT2D eigenvalue weighted by atomic mass is 10.0. The van der Waals surface area contributed by atoms with Gasteiger partial charge in [-0.15, -0.1) is 0 Å². The van der Waals surface area contributed by atoms with E-state index in [1.54, 1.807) is 0 Å². The Kier molecular flexibility index (Phi) is 2.68. The van der Waals surface area contributed by atoms with Gasteiger partial charge in [0.2, 0.25) is 0 Å². The van der Waals surface area contributed by atoms with Crippen molar-refractivity contribution in [3.63, 3.8) is 0 Å². The Morgan fingerprint density at radius 2 is 1.22 bits per heavy atom. The third kappa shape index (κ3) is 2.85. The lowest BCUT2D eigenvalue weighted by Crippen LogP contribution is -2.45. The molecule has 0 aliphatic carbocycles. The first kappa shape index (κ1) is 8.96. The van der Waals surface area contributed by atoms with Crippen molar-refractivity contribution in [2.45, 2.75) is 26.8 Å². The Balaban J connectivity index is 3.88. The first-order valence-electron chi connectivity index (χ1n) is 3.67. The molecule has 1 nitrogen and oxygen atoms in total. The van der Waals surface area contributed by atoms with Gasteiger partial charge in [0.25, 0.3) is 0 Å². The van der Waals surface area contributed by atoms with Crippen molar-refractivity contribution in [2.24, 2.45) is 5.92 Å². The molecule has 0 aliphatic rings. The van der Waals surface area contributed by atoms with E-state index in [0.717, 1.165) is 16.4 Å². The van der Waals surface area contributed by atoms with Crippen LogP contribution in [0.1, 0.15) is 20.8 Å². The van der Waals surface area contributed by atoms with Crippen molar-refractivity contribution in [2.75, 3.05) is 21.1 Å². The molecule has 1 atom stereocenters. The summed E-state index contributed by atoms with van der Waals surface area (Å²) in [5.74, 6) is 0.782. The van der Waals surface area contributed by atoms with Crippen LogP contribution in [0.15, 0.2) is 0 Å². The standard InChI is InChI=1S/C8H20N/c1-7(2)8(3)9(4,5)6/h7-8H,1-6H3/q+1/t8-/m1/s1. The molecule has 0 heterocycles. The Hall–Kier alpha value is -0.0400. The van der Waals surface area contributed by atoms with Crippen LogP contribution in [-0.2, 0) is 0 Å². The van der Waals surface area contributed by atoms with Gasteiger partial charge in [-0.3, -0.25) is 0 Å². The zero-order chi connectivity index (χ0) is 7.65. The zero-order valence-corrected chi connectivity index (χ0v) is 7.60. The molecule has 0 amide bonds. The second-order valence-corrected chi connectivity index (χ2v) is 4.10. The molecule has 1 heteroatoms. The molecule has 9 heavy (non-hydrogen) atoms. The van der Waals surface area contributed by atoms with E-state index < -0.39 is 0 Å². The van der Waals surface area contributed by atoms with Crippen LogP contribution >= 0.6 is 0 Å². The van der Waals surface area contributed by atoms with Crippen molar-refractivity contribution >= 4 is 0 Å². The van der Waals surface area contributed by atoms with Gasteiger partial charge in [0.15, 0.2) is 0 Å². The molecule has 0 rings (SSSR count). The fourth-order valence-electron chi connectivity index (χ4n) is 0.894. The number of hydrogen-bond donors (Lipinski definition) is 0. The Labute approximate surface area is 59.3 Å². The average Bonchev–Trinajstić information content (AvgIpc) is 1.62. The maximum absolute atomic E-state index is 2.30. The number of nitrogens with zero attached hydrogens (tertiary/aromatic N) is 1. The lowest BCUT2D eigenvalue weighted by molar-refractivity contribution is -0.897. The van der Waals surface area contributed by atoms with E-state index in [-0.39, 0.29) is 0 Å². The van der Waals surface area contributed by atoms with Gasteiger partial charge in [-0.2, -0.15) is 0 Å². The molecule has 0 N–H and O–H groups in total. The van der Waals surface area contributed by atoms with Gasteiger partial charge >= 0.3 is 0 Å². The minimum absolute atomic E-state index is 0.755.